The second kappa shape index (κ2) is 17.2. The van der Waals surface area contributed by atoms with Crippen LogP contribution in [0.15, 0.2) is 176 Å². The van der Waals surface area contributed by atoms with Crippen molar-refractivity contribution in [2.45, 2.75) is 60.6 Å². The fourth-order valence-corrected chi connectivity index (χ4v) is 39.4. The van der Waals surface area contributed by atoms with Crippen LogP contribution in [0.25, 0.3) is 56.7 Å². The maximum atomic E-state index is 9.68. The molecule has 2 unspecified atom stereocenters. The van der Waals surface area contributed by atoms with Gasteiger partial charge in [-0.25, -0.2) is 0 Å². The summed E-state index contributed by atoms with van der Waals surface area (Å²) in [5, 5.41) is 2.90. The van der Waals surface area contributed by atoms with E-state index >= 15 is 0 Å². The van der Waals surface area contributed by atoms with Crippen LogP contribution < -0.4 is 13.6 Å². The van der Waals surface area contributed by atoms with Crippen LogP contribution in [0.1, 0.15) is 90.6 Å². The first kappa shape index (κ1) is 43.5. The molecule has 8 aromatic rings. The number of aryl methyl sites for hydroxylation is 4. The molecule has 3 aliphatic rings. The van der Waals surface area contributed by atoms with Crippen LogP contribution in [0.5, 0.6) is 0 Å². The van der Waals surface area contributed by atoms with Gasteiger partial charge in [0.2, 0.25) is 0 Å². The molecule has 66 heavy (non-hydrogen) atoms. The Balaban J connectivity index is 1.30. The molecular weight excluding hydrogens is 935 g/mol. The number of fused-ring (bicyclic) bond motifs is 5. The molecular formula is C62H55Cl2SiZr. The van der Waals surface area contributed by atoms with Crippen molar-refractivity contribution in [1.82, 2.24) is 0 Å². The van der Waals surface area contributed by atoms with Crippen molar-refractivity contribution < 1.29 is 16.4 Å². The number of benzene rings is 8. The third kappa shape index (κ3) is 6.69. The van der Waals surface area contributed by atoms with Crippen molar-refractivity contribution in [2.75, 3.05) is 0 Å². The van der Waals surface area contributed by atoms with Gasteiger partial charge in [-0.3, -0.25) is 0 Å². The zero-order valence-corrected chi connectivity index (χ0v) is 43.7. The van der Waals surface area contributed by atoms with E-state index in [0.29, 0.717) is 0 Å². The maximum absolute atomic E-state index is 9.68. The molecule has 1 heterocycles. The minimum absolute atomic E-state index is 0.268. The van der Waals surface area contributed by atoms with Crippen LogP contribution in [0.2, 0.25) is 0 Å². The third-order valence-corrected chi connectivity index (χ3v) is 37.8. The van der Waals surface area contributed by atoms with Crippen LogP contribution >= 0.6 is 17.0 Å². The molecule has 0 fully saturated rings. The summed E-state index contributed by atoms with van der Waals surface area (Å²) >= 11 is -6.00. The molecule has 0 saturated carbocycles. The fourth-order valence-electron chi connectivity index (χ4n) is 12.3. The van der Waals surface area contributed by atoms with Crippen LogP contribution in [0.3, 0.4) is 0 Å². The Kier molecular flexibility index (Phi) is 11.3. The molecule has 0 bridgehead atoms. The summed E-state index contributed by atoms with van der Waals surface area (Å²) in [7, 11) is 18.4. The van der Waals surface area contributed by atoms with Crippen LogP contribution in [-0.2, 0) is 42.1 Å². The molecule has 0 nitrogen and oxygen atoms in total. The van der Waals surface area contributed by atoms with E-state index in [4.69, 9.17) is 0 Å². The predicted molar refractivity (Wildman–Crippen MR) is 286 cm³/mol. The molecule has 0 amide bonds. The number of hydrogen-bond acceptors (Lipinski definition) is 0. The molecule has 1 aliphatic heterocycles. The number of rotatable bonds is 11. The van der Waals surface area contributed by atoms with E-state index in [9.17, 15) is 17.0 Å². The predicted octanol–water partition coefficient (Wildman–Crippen LogP) is 14.6. The van der Waals surface area contributed by atoms with Gasteiger partial charge in [0.1, 0.15) is 0 Å². The Bertz CT molecular complexity index is 3100. The van der Waals surface area contributed by atoms with Gasteiger partial charge in [0, 0.05) is 0 Å². The summed E-state index contributed by atoms with van der Waals surface area (Å²) in [6.07, 6.45) is 8.79. The summed E-state index contributed by atoms with van der Waals surface area (Å²) in [6.45, 7) is 9.14. The van der Waals surface area contributed by atoms with Crippen LogP contribution in [0.4, 0.5) is 0 Å². The van der Waals surface area contributed by atoms with E-state index in [0.717, 1.165) is 25.7 Å². The Morgan fingerprint density at radius 2 is 0.833 bits per heavy atom. The summed E-state index contributed by atoms with van der Waals surface area (Å²) in [6, 6.07) is 66.0. The van der Waals surface area contributed by atoms with E-state index in [-0.39, 0.29) is 7.25 Å². The van der Waals surface area contributed by atoms with Crippen molar-refractivity contribution in [3.8, 4) is 33.4 Å². The van der Waals surface area contributed by atoms with Gasteiger partial charge in [0.25, 0.3) is 0 Å². The van der Waals surface area contributed by atoms with Gasteiger partial charge in [0.15, 0.2) is 0 Å². The van der Waals surface area contributed by atoms with Gasteiger partial charge in [-0.2, -0.15) is 0 Å². The first-order valence-electron chi connectivity index (χ1n) is 24.1. The van der Waals surface area contributed by atoms with E-state index in [1.807, 2.05) is 0 Å². The van der Waals surface area contributed by atoms with Gasteiger partial charge in [-0.05, 0) is 0 Å². The van der Waals surface area contributed by atoms with Gasteiger partial charge >= 0.3 is 405 Å². The van der Waals surface area contributed by atoms with Crippen LogP contribution in [0, 0.1) is 0 Å². The van der Waals surface area contributed by atoms with Gasteiger partial charge < -0.3 is 0 Å². The molecule has 4 heteroatoms. The molecule has 0 spiro atoms. The van der Waals surface area contributed by atoms with E-state index in [1.165, 1.54) is 114 Å². The van der Waals surface area contributed by atoms with Crippen molar-refractivity contribution in [1.29, 1.82) is 0 Å². The molecule has 0 saturated heterocycles. The molecule has 2 aliphatic carbocycles. The summed E-state index contributed by atoms with van der Waals surface area (Å²) in [5.74, 6) is 0. The third-order valence-electron chi connectivity index (χ3n) is 15.3. The molecule has 0 radical (unpaired) electrons. The Morgan fingerprint density at radius 3 is 1.32 bits per heavy atom. The minimum atomic E-state index is -6.00. The summed E-state index contributed by atoms with van der Waals surface area (Å²) in [4.78, 5) is 0. The fraction of sp³-hybridized carbons (Fsp3) is 0.161. The average molecular weight is 990 g/mol. The number of halogens is 2. The quantitative estimate of drug-likeness (QED) is 0.113. The van der Waals surface area contributed by atoms with Crippen molar-refractivity contribution in [3.05, 3.63) is 232 Å². The molecule has 2 atom stereocenters. The van der Waals surface area contributed by atoms with Crippen molar-refractivity contribution in [2.24, 2.45) is 0 Å². The van der Waals surface area contributed by atoms with E-state index in [1.54, 1.807) is 0 Å². The topological polar surface area (TPSA) is 0 Å². The monoisotopic (exact) mass is 987 g/mol. The molecule has 8 aromatic carbocycles. The molecule has 0 N–H and O–H groups in total. The van der Waals surface area contributed by atoms with Gasteiger partial charge in [-0.1, -0.05) is 0 Å². The molecule has 325 valence electrons. The molecule has 11 rings (SSSR count). The van der Waals surface area contributed by atoms with Gasteiger partial charge in [0.05, 0.1) is 0 Å². The second-order valence-electron chi connectivity index (χ2n) is 18.5. The number of hydrogen-bond donors (Lipinski definition) is 0. The number of allylic oxidation sites excluding steroid dienone is 2. The second-order valence-corrected chi connectivity index (χ2v) is 41.0. The standard InChI is InChI=1S/2C25H23.C12H9Si.2ClH.Zr/c2*1-3-18-10-8-9-13-23(18)25-19(4-2)14-15-21-16-22(17-24(21)25)20-11-6-5-7-12-20;1-3-7-11-9(5-1)10-6-2-4-8-12(10)13-11;;;/h2*5-17H,3-4H2,1-2H3;1-7H,13H2;2*1H;/q;;;;;+2/p-2. The van der Waals surface area contributed by atoms with E-state index in [2.05, 4.69) is 216 Å². The van der Waals surface area contributed by atoms with E-state index < -0.39 is 25.9 Å². The van der Waals surface area contributed by atoms with Crippen molar-refractivity contribution >= 4 is 63.5 Å². The zero-order valence-electron chi connectivity index (χ0n) is 38.3. The average Bonchev–Trinajstić information content (AvgIpc) is 4.09. The summed E-state index contributed by atoms with van der Waals surface area (Å²) in [5.41, 5.74) is 23.3. The Labute approximate surface area is 402 Å². The summed E-state index contributed by atoms with van der Waals surface area (Å²) < 4.78 is 0.704. The van der Waals surface area contributed by atoms with Crippen molar-refractivity contribution in [3.63, 3.8) is 0 Å². The SMILES string of the molecule is CCc1ccccc1-c1c(CC)ccc2c1C=C(c1ccccc1)[CH]2[Zr]([Cl])([Cl])([c]1cccc2c1[SiH2]c1ccccc1-2)[CH]1C(c2ccccc2)=Cc2c1ccc(CC)c2-c1ccccc1CC. The first-order chi connectivity index (χ1) is 32.3. The first-order valence-corrected chi connectivity index (χ1v) is 35.9. The molecule has 0 aromatic heterocycles. The zero-order chi connectivity index (χ0) is 45.2. The Hall–Kier alpha value is -5.08. The Morgan fingerprint density at radius 1 is 0.409 bits per heavy atom. The van der Waals surface area contributed by atoms with Gasteiger partial charge in [-0.15, -0.1) is 0 Å². The van der Waals surface area contributed by atoms with Crippen LogP contribution in [-0.4, -0.2) is 9.52 Å². The normalized spacial score (nSPS) is 16.8.